The Labute approximate surface area is 175 Å². The van der Waals surface area contributed by atoms with Gasteiger partial charge in [-0.2, -0.15) is 0 Å². The summed E-state index contributed by atoms with van der Waals surface area (Å²) >= 11 is 7.47. The van der Waals surface area contributed by atoms with Crippen molar-refractivity contribution in [1.82, 2.24) is 19.4 Å². The maximum atomic E-state index is 13.0. The number of piperidine rings is 1. The minimum atomic E-state index is 0.255. The molecule has 28 heavy (non-hydrogen) atoms. The smallest absolute Gasteiger partial charge is 0.236 e. The number of amides is 1. The van der Waals surface area contributed by atoms with Crippen LogP contribution in [-0.2, 0) is 4.79 Å². The molecule has 1 aromatic heterocycles. The summed E-state index contributed by atoms with van der Waals surface area (Å²) in [6.45, 7) is 8.44. The monoisotopic (exact) mass is 418 g/mol. The molecule has 0 spiro atoms. The second-order valence-electron chi connectivity index (χ2n) is 8.53. The SMILES string of the molecule is C[C@@H]1C[C@@H](C)CN(C(=O)CN2C[C@H](c3ccc(Cl)cc3)[C@@H](c3csnn3)C2)C1. The highest BCUT2D eigenvalue weighted by Gasteiger charge is 2.38. The fourth-order valence-corrected chi connectivity index (χ4v) is 5.50. The number of aromatic nitrogens is 2. The number of carbonyl (C=O) groups excluding carboxylic acids is 1. The fourth-order valence-electron chi connectivity index (χ4n) is 4.85. The topological polar surface area (TPSA) is 49.3 Å². The first kappa shape index (κ1) is 19.8. The van der Waals surface area contributed by atoms with Crippen LogP contribution in [0, 0.1) is 11.8 Å². The maximum Gasteiger partial charge on any atom is 0.236 e. The van der Waals surface area contributed by atoms with Gasteiger partial charge in [0.1, 0.15) is 0 Å². The van der Waals surface area contributed by atoms with Crippen LogP contribution >= 0.6 is 23.1 Å². The van der Waals surface area contributed by atoms with E-state index in [1.807, 2.05) is 17.5 Å². The van der Waals surface area contributed by atoms with Gasteiger partial charge >= 0.3 is 0 Å². The molecule has 5 nitrogen and oxygen atoms in total. The van der Waals surface area contributed by atoms with Gasteiger partial charge in [0.15, 0.2) is 0 Å². The average Bonchev–Trinajstić information content (AvgIpc) is 3.31. The summed E-state index contributed by atoms with van der Waals surface area (Å²) in [5.74, 6) is 1.98. The van der Waals surface area contributed by atoms with Gasteiger partial charge in [0.25, 0.3) is 0 Å². The molecule has 150 valence electrons. The van der Waals surface area contributed by atoms with Crippen LogP contribution in [0.3, 0.4) is 0 Å². The van der Waals surface area contributed by atoms with E-state index in [1.165, 1.54) is 23.5 Å². The lowest BCUT2D eigenvalue weighted by Crippen LogP contribution is -2.46. The number of halogens is 1. The molecule has 2 saturated heterocycles. The van der Waals surface area contributed by atoms with E-state index < -0.39 is 0 Å². The molecular formula is C21H27ClN4OS. The molecule has 0 N–H and O–H groups in total. The lowest BCUT2D eigenvalue weighted by molar-refractivity contribution is -0.134. The van der Waals surface area contributed by atoms with E-state index >= 15 is 0 Å². The number of benzene rings is 1. The van der Waals surface area contributed by atoms with Gasteiger partial charge in [-0.3, -0.25) is 9.69 Å². The highest BCUT2D eigenvalue weighted by atomic mass is 35.5. The number of likely N-dealkylation sites (tertiary alicyclic amines) is 2. The second-order valence-corrected chi connectivity index (χ2v) is 9.58. The normalized spacial score (nSPS) is 28.6. The zero-order chi connectivity index (χ0) is 19.7. The van der Waals surface area contributed by atoms with Crippen LogP contribution in [-0.4, -0.2) is 58.0 Å². The van der Waals surface area contributed by atoms with Gasteiger partial charge in [-0.25, -0.2) is 0 Å². The van der Waals surface area contributed by atoms with E-state index in [4.69, 9.17) is 11.6 Å². The van der Waals surface area contributed by atoms with E-state index in [2.05, 4.69) is 45.4 Å². The highest BCUT2D eigenvalue weighted by molar-refractivity contribution is 7.03. The molecule has 0 radical (unpaired) electrons. The Bertz CT molecular complexity index is 787. The maximum absolute atomic E-state index is 13.0. The number of hydrogen-bond donors (Lipinski definition) is 0. The van der Waals surface area contributed by atoms with Gasteiger partial charge in [0.05, 0.1) is 12.2 Å². The molecule has 0 saturated carbocycles. The molecule has 4 atom stereocenters. The van der Waals surface area contributed by atoms with Crippen LogP contribution in [0.5, 0.6) is 0 Å². The summed E-state index contributed by atoms with van der Waals surface area (Å²) in [6.07, 6.45) is 1.21. The van der Waals surface area contributed by atoms with E-state index in [-0.39, 0.29) is 11.8 Å². The molecule has 3 heterocycles. The van der Waals surface area contributed by atoms with Gasteiger partial charge < -0.3 is 4.90 Å². The second kappa shape index (κ2) is 8.47. The van der Waals surface area contributed by atoms with Gasteiger partial charge in [0.2, 0.25) is 5.91 Å². The third kappa shape index (κ3) is 4.39. The van der Waals surface area contributed by atoms with Crippen LogP contribution in [0.2, 0.25) is 5.02 Å². The zero-order valence-electron chi connectivity index (χ0n) is 16.4. The minimum absolute atomic E-state index is 0.255. The van der Waals surface area contributed by atoms with Crippen molar-refractivity contribution in [3.63, 3.8) is 0 Å². The summed E-state index contributed by atoms with van der Waals surface area (Å²) in [5, 5.41) is 7.11. The van der Waals surface area contributed by atoms with Crippen LogP contribution in [0.1, 0.15) is 43.4 Å². The fraction of sp³-hybridized carbons (Fsp3) is 0.571. The van der Waals surface area contributed by atoms with Crippen molar-refractivity contribution in [1.29, 1.82) is 0 Å². The van der Waals surface area contributed by atoms with Crippen molar-refractivity contribution < 1.29 is 4.79 Å². The quantitative estimate of drug-likeness (QED) is 0.756. The van der Waals surface area contributed by atoms with Gasteiger partial charge in [-0.05, 0) is 47.5 Å². The third-order valence-electron chi connectivity index (χ3n) is 6.03. The Morgan fingerprint density at radius 2 is 1.79 bits per heavy atom. The number of nitrogens with zero attached hydrogens (tertiary/aromatic N) is 4. The van der Waals surface area contributed by atoms with Crippen molar-refractivity contribution in [2.24, 2.45) is 11.8 Å². The summed E-state index contributed by atoms with van der Waals surface area (Å²) in [6, 6.07) is 8.08. The zero-order valence-corrected chi connectivity index (χ0v) is 18.0. The van der Waals surface area contributed by atoms with Crippen molar-refractivity contribution >= 4 is 29.0 Å². The predicted octanol–water partition coefficient (Wildman–Crippen LogP) is 3.88. The molecular weight excluding hydrogens is 392 g/mol. The molecule has 0 unspecified atom stereocenters. The Balaban J connectivity index is 1.48. The third-order valence-corrected chi connectivity index (χ3v) is 6.81. The molecule has 2 fully saturated rings. The van der Waals surface area contributed by atoms with E-state index in [0.717, 1.165) is 36.9 Å². The van der Waals surface area contributed by atoms with Crippen LogP contribution < -0.4 is 0 Å². The van der Waals surface area contributed by atoms with Crippen LogP contribution in [0.25, 0.3) is 0 Å². The van der Waals surface area contributed by atoms with E-state index in [1.54, 1.807) is 0 Å². The van der Waals surface area contributed by atoms with Crippen LogP contribution in [0.4, 0.5) is 0 Å². The lowest BCUT2D eigenvalue weighted by Gasteiger charge is -2.35. The molecule has 7 heteroatoms. The largest absolute Gasteiger partial charge is 0.341 e. The molecule has 4 rings (SSSR count). The molecule has 2 aliphatic rings. The average molecular weight is 419 g/mol. The van der Waals surface area contributed by atoms with Gasteiger partial charge in [0, 0.05) is 48.4 Å². The van der Waals surface area contributed by atoms with Gasteiger partial charge in [-0.15, -0.1) is 5.10 Å². The number of rotatable bonds is 4. The first-order chi connectivity index (χ1) is 13.5. The molecule has 1 aromatic carbocycles. The number of carbonyl (C=O) groups is 1. The predicted molar refractivity (Wildman–Crippen MR) is 113 cm³/mol. The first-order valence-electron chi connectivity index (χ1n) is 10.0. The Morgan fingerprint density at radius 3 is 2.43 bits per heavy atom. The number of hydrogen-bond acceptors (Lipinski definition) is 5. The standard InChI is InChI=1S/C21H27ClN4OS/c1-14-7-15(2)9-26(8-14)21(27)12-25-10-18(16-3-5-17(22)6-4-16)19(11-25)20-13-28-24-23-20/h3-6,13-15,18-19H,7-12H2,1-2H3/t14-,15-,18-,19+/m1/s1. The molecule has 0 bridgehead atoms. The van der Waals surface area contributed by atoms with Gasteiger partial charge in [-0.1, -0.05) is 42.1 Å². The highest BCUT2D eigenvalue weighted by Crippen LogP contribution is 2.39. The van der Waals surface area contributed by atoms with Crippen LogP contribution in [0.15, 0.2) is 29.6 Å². The van der Waals surface area contributed by atoms with E-state index in [9.17, 15) is 4.79 Å². The lowest BCUT2D eigenvalue weighted by atomic mass is 9.87. The Kier molecular flexibility index (Phi) is 5.99. The first-order valence-corrected chi connectivity index (χ1v) is 11.2. The van der Waals surface area contributed by atoms with Crippen molar-refractivity contribution in [3.05, 3.63) is 45.9 Å². The minimum Gasteiger partial charge on any atom is -0.341 e. The Hall–Kier alpha value is -1.50. The summed E-state index contributed by atoms with van der Waals surface area (Å²) in [7, 11) is 0. The molecule has 0 aliphatic carbocycles. The summed E-state index contributed by atoms with van der Waals surface area (Å²) in [4.78, 5) is 17.3. The molecule has 2 aromatic rings. The Morgan fingerprint density at radius 1 is 1.11 bits per heavy atom. The molecule has 1 amide bonds. The van der Waals surface area contributed by atoms with Crippen molar-refractivity contribution in [2.45, 2.75) is 32.1 Å². The summed E-state index contributed by atoms with van der Waals surface area (Å²) < 4.78 is 4.06. The van der Waals surface area contributed by atoms with Crippen molar-refractivity contribution in [3.8, 4) is 0 Å². The molecule has 2 aliphatic heterocycles. The van der Waals surface area contributed by atoms with E-state index in [0.29, 0.717) is 24.3 Å². The van der Waals surface area contributed by atoms with Crippen molar-refractivity contribution in [2.75, 3.05) is 32.7 Å². The summed E-state index contributed by atoms with van der Waals surface area (Å²) in [5.41, 5.74) is 2.28.